The van der Waals surface area contributed by atoms with E-state index in [-0.39, 0.29) is 189 Å². The van der Waals surface area contributed by atoms with Crippen molar-refractivity contribution in [2.24, 2.45) is 0 Å². The fourth-order valence-electron chi connectivity index (χ4n) is 1.54. The van der Waals surface area contributed by atoms with Crippen LogP contribution in [0.3, 0.4) is 0 Å². The second-order valence-electron chi connectivity index (χ2n) is 3.68. The molecule has 11 heteroatoms. The summed E-state index contributed by atoms with van der Waals surface area (Å²) in [6, 6.07) is -1.09. The third-order valence-corrected chi connectivity index (χ3v) is 2.55. The van der Waals surface area contributed by atoms with E-state index in [0.717, 1.165) is 0 Å². The van der Waals surface area contributed by atoms with Crippen LogP contribution in [0.15, 0.2) is 0 Å². The number of aliphatic hydroxyl groups is 4. The molecular formula is C9H17Ac4NO6. The van der Waals surface area contributed by atoms with Crippen molar-refractivity contribution in [3.05, 3.63) is 0 Å². The zero-order chi connectivity index (χ0) is 12.3. The zero-order valence-electron chi connectivity index (χ0n) is 11.2. The van der Waals surface area contributed by atoms with Gasteiger partial charge in [-0.1, -0.05) is 6.92 Å². The predicted octanol–water partition coefficient (Wildman–Crippen LogP) is -2.69. The minimum Gasteiger partial charge on any atom is -0.394 e. The van der Waals surface area contributed by atoms with Crippen LogP contribution in [-0.2, 0) is 9.53 Å². The van der Waals surface area contributed by atoms with Crippen LogP contribution < -0.4 is 5.32 Å². The Morgan fingerprint density at radius 2 is 1.60 bits per heavy atom. The normalized spacial score (nSPS) is 31.6. The van der Waals surface area contributed by atoms with Gasteiger partial charge in [-0.05, 0) is 0 Å². The number of hydrogen-bond donors (Lipinski definition) is 5. The number of carbonyl (C=O) groups is 1. The Bertz CT molecular complexity index is 263. The Morgan fingerprint density at radius 1 is 1.10 bits per heavy atom. The standard InChI is InChI=1S/C9H17NO6.4Ac/c1-2-5(12)10-6-8(14)7(13)4(3-11)16-9(6)15;;;;/h4,6-9,11,13-15H,2-3H2,1H3,(H,10,12);;;;/t4?,6?,7-,8?,9?;;;;/m0..../s1. The third kappa shape index (κ3) is 10.2. The van der Waals surface area contributed by atoms with Crippen LogP contribution >= 0.6 is 0 Å². The van der Waals surface area contributed by atoms with Gasteiger partial charge >= 0.3 is 0 Å². The first kappa shape index (κ1) is 32.7. The van der Waals surface area contributed by atoms with Crippen LogP contribution in [0.4, 0.5) is 0 Å². The maximum absolute atomic E-state index is 11.1. The molecule has 106 valence electrons. The van der Waals surface area contributed by atoms with Gasteiger partial charge in [0.1, 0.15) is 24.4 Å². The Morgan fingerprint density at radius 3 is 2.00 bits per heavy atom. The fourth-order valence-corrected chi connectivity index (χ4v) is 1.54. The van der Waals surface area contributed by atoms with Crippen molar-refractivity contribution in [3.63, 3.8) is 0 Å². The maximum Gasteiger partial charge on any atom is 0.220 e. The summed E-state index contributed by atoms with van der Waals surface area (Å²) in [6.45, 7) is 1.09. The Labute approximate surface area is 261 Å². The minimum absolute atomic E-state index is 0. The summed E-state index contributed by atoms with van der Waals surface area (Å²) < 4.78 is 4.86. The van der Waals surface area contributed by atoms with Gasteiger partial charge in [0.05, 0.1) is 6.61 Å². The van der Waals surface area contributed by atoms with Crippen molar-refractivity contribution in [2.75, 3.05) is 6.61 Å². The molecule has 0 bridgehead atoms. The molecule has 1 aliphatic rings. The largest absolute Gasteiger partial charge is 0.394 e. The van der Waals surface area contributed by atoms with Gasteiger partial charge in [0.2, 0.25) is 5.91 Å². The molecule has 0 aromatic heterocycles. The summed E-state index contributed by atoms with van der Waals surface area (Å²) in [7, 11) is 0. The monoisotopic (exact) mass is 1140 g/mol. The first-order valence-corrected chi connectivity index (χ1v) is 5.11. The van der Waals surface area contributed by atoms with E-state index in [1.54, 1.807) is 6.92 Å². The van der Waals surface area contributed by atoms with Gasteiger partial charge in [-0.3, -0.25) is 4.79 Å². The van der Waals surface area contributed by atoms with E-state index in [1.165, 1.54) is 0 Å². The average molecular weight is 1140 g/mol. The molecule has 1 fully saturated rings. The molecule has 5 N–H and O–H groups in total. The van der Waals surface area contributed by atoms with Gasteiger partial charge in [-0.25, -0.2) is 0 Å². The van der Waals surface area contributed by atoms with Crippen molar-refractivity contribution < 1.29 is 206 Å². The second kappa shape index (κ2) is 17.5. The van der Waals surface area contributed by atoms with Gasteiger partial charge in [-0.2, -0.15) is 0 Å². The van der Waals surface area contributed by atoms with Gasteiger partial charge in [0.25, 0.3) is 0 Å². The van der Waals surface area contributed by atoms with Gasteiger partial charge in [0, 0.05) is 183 Å². The van der Waals surface area contributed by atoms with E-state index in [4.69, 9.17) is 9.84 Å². The molecule has 0 spiro atoms. The van der Waals surface area contributed by atoms with Crippen molar-refractivity contribution >= 4 is 5.91 Å². The number of nitrogens with one attached hydrogen (secondary N) is 1. The first-order valence-electron chi connectivity index (χ1n) is 5.11. The molecule has 5 atom stereocenters. The zero-order valence-corrected chi connectivity index (χ0v) is 30.2. The van der Waals surface area contributed by atoms with Crippen molar-refractivity contribution in [2.45, 2.75) is 44.0 Å². The summed E-state index contributed by atoms with van der Waals surface area (Å²) in [6.07, 6.45) is -5.05. The predicted molar refractivity (Wildman–Crippen MR) is 52.2 cm³/mol. The quantitative estimate of drug-likeness (QED) is 0.211. The minimum atomic E-state index is -1.45. The fraction of sp³-hybridized carbons (Fsp3) is 0.889. The van der Waals surface area contributed by atoms with Gasteiger partial charge in [0.15, 0.2) is 6.29 Å². The summed E-state index contributed by atoms with van der Waals surface area (Å²) in [5.41, 5.74) is 0. The van der Waals surface area contributed by atoms with Crippen molar-refractivity contribution in [1.29, 1.82) is 0 Å². The average Bonchev–Trinajstić information content (AvgIpc) is 2.28. The molecule has 7 nitrogen and oxygen atoms in total. The van der Waals surface area contributed by atoms with Crippen LogP contribution in [0.2, 0.25) is 0 Å². The second-order valence-corrected chi connectivity index (χ2v) is 3.68. The summed E-state index contributed by atoms with van der Waals surface area (Å²) in [5, 5.41) is 39.8. The van der Waals surface area contributed by atoms with Crippen LogP contribution in [0, 0.1) is 176 Å². The SMILES string of the molecule is CCC(=O)NC1C(O)OC(CO)[C@H](O)C1O.[Ac].[Ac].[Ac].[Ac]. The molecule has 0 saturated carbocycles. The van der Waals surface area contributed by atoms with Crippen LogP contribution in [0.5, 0.6) is 0 Å². The van der Waals surface area contributed by atoms with Gasteiger partial charge in [-0.15, -0.1) is 0 Å². The van der Waals surface area contributed by atoms with E-state index >= 15 is 0 Å². The number of ether oxygens (including phenoxy) is 1. The van der Waals surface area contributed by atoms with E-state index < -0.39 is 37.3 Å². The molecule has 20 heavy (non-hydrogen) atoms. The Balaban J connectivity index is -0.000000320. The summed E-state index contributed by atoms with van der Waals surface area (Å²) >= 11 is 0. The molecule has 1 amide bonds. The molecule has 1 saturated heterocycles. The number of hydrogen-bond acceptors (Lipinski definition) is 6. The smallest absolute Gasteiger partial charge is 0.220 e. The van der Waals surface area contributed by atoms with E-state index in [2.05, 4.69) is 5.32 Å². The first-order chi connectivity index (χ1) is 7.51. The summed E-state index contributed by atoms with van der Waals surface area (Å²) in [5.74, 6) is -0.374. The molecule has 0 aliphatic carbocycles. The molecule has 0 aromatic rings. The molecule has 4 radical (unpaired) electrons. The van der Waals surface area contributed by atoms with Gasteiger partial charge < -0.3 is 30.5 Å². The molecule has 0 aromatic carbocycles. The topological polar surface area (TPSA) is 119 Å². The van der Waals surface area contributed by atoms with Crippen molar-refractivity contribution in [1.82, 2.24) is 5.32 Å². The number of carbonyl (C=O) groups excluding carboxylic acids is 1. The third-order valence-electron chi connectivity index (χ3n) is 2.55. The molecule has 1 rings (SSSR count). The molecule has 1 aliphatic heterocycles. The van der Waals surface area contributed by atoms with Crippen LogP contribution in [-0.4, -0.2) is 63.6 Å². The maximum atomic E-state index is 11.1. The number of rotatable bonds is 3. The van der Waals surface area contributed by atoms with E-state index in [1.807, 2.05) is 0 Å². The molecule has 4 unspecified atom stereocenters. The van der Waals surface area contributed by atoms with Crippen LogP contribution in [0.1, 0.15) is 13.3 Å². The molecular weight excluding hydrogens is 1130 g/mol. The molecule has 1 heterocycles. The Kier molecular flexibility index (Phi) is 28.5. The van der Waals surface area contributed by atoms with E-state index in [9.17, 15) is 20.1 Å². The number of aliphatic hydroxyl groups excluding tert-OH is 4. The summed E-state index contributed by atoms with van der Waals surface area (Å²) in [4.78, 5) is 11.1. The number of amides is 1. The van der Waals surface area contributed by atoms with Crippen LogP contribution in [0.25, 0.3) is 0 Å². The van der Waals surface area contributed by atoms with Crippen molar-refractivity contribution in [3.8, 4) is 0 Å². The van der Waals surface area contributed by atoms with E-state index in [0.29, 0.717) is 0 Å². The Hall–Kier alpha value is 5.04.